The first-order valence-electron chi connectivity index (χ1n) is 9.15. The van der Waals surface area contributed by atoms with Gasteiger partial charge in [0.15, 0.2) is 17.3 Å². The van der Waals surface area contributed by atoms with E-state index < -0.39 is 4.92 Å². The first-order chi connectivity index (χ1) is 14.5. The van der Waals surface area contributed by atoms with E-state index in [2.05, 4.69) is 5.32 Å². The zero-order valence-electron chi connectivity index (χ0n) is 16.3. The number of non-ortho nitro benzene ring substituents is 1. The van der Waals surface area contributed by atoms with Crippen LogP contribution in [0.15, 0.2) is 66.7 Å². The van der Waals surface area contributed by atoms with Crippen LogP contribution in [0.4, 0.5) is 11.4 Å². The largest absolute Gasteiger partial charge is 0.493 e. The fourth-order valence-electron chi connectivity index (χ4n) is 3.49. The van der Waals surface area contributed by atoms with E-state index in [1.807, 2.05) is 18.2 Å². The van der Waals surface area contributed by atoms with Crippen LogP contribution in [0, 0.1) is 10.1 Å². The number of anilines is 1. The van der Waals surface area contributed by atoms with Gasteiger partial charge in [-0.25, -0.2) is 0 Å². The maximum absolute atomic E-state index is 13.2. The van der Waals surface area contributed by atoms with Gasteiger partial charge < -0.3 is 14.8 Å². The Hall–Kier alpha value is -4.13. The second-order valence-corrected chi connectivity index (χ2v) is 6.62. The normalized spacial score (nSPS) is 12.5. The molecule has 0 amide bonds. The van der Waals surface area contributed by atoms with Crippen molar-refractivity contribution in [2.24, 2.45) is 0 Å². The van der Waals surface area contributed by atoms with Crippen LogP contribution in [0.1, 0.15) is 21.5 Å². The van der Waals surface area contributed by atoms with Crippen molar-refractivity contribution in [1.29, 1.82) is 0 Å². The minimum Gasteiger partial charge on any atom is -0.493 e. The Kier molecular flexibility index (Phi) is 4.93. The molecule has 0 atom stereocenters. The number of nitrogens with zero attached hydrogens (tertiary/aromatic N) is 1. The molecule has 30 heavy (non-hydrogen) atoms. The van der Waals surface area contributed by atoms with Gasteiger partial charge in [-0.05, 0) is 29.8 Å². The van der Waals surface area contributed by atoms with E-state index in [0.717, 1.165) is 5.56 Å². The molecule has 4 rings (SSSR count). The zero-order chi connectivity index (χ0) is 21.3. The van der Waals surface area contributed by atoms with E-state index in [-0.39, 0.29) is 11.5 Å². The number of ketones is 1. The van der Waals surface area contributed by atoms with Crippen LogP contribution < -0.4 is 14.8 Å². The average molecular weight is 402 g/mol. The number of carbonyl (C=O) groups is 1. The molecule has 1 aliphatic rings. The molecule has 0 heterocycles. The number of nitro groups is 1. The predicted octanol–water partition coefficient (Wildman–Crippen LogP) is 4.79. The molecule has 3 aromatic rings. The molecule has 0 aliphatic heterocycles. The summed E-state index contributed by atoms with van der Waals surface area (Å²) in [6, 6.07) is 18.7. The summed E-state index contributed by atoms with van der Waals surface area (Å²) in [5.41, 5.74) is 3.80. The Bertz CT molecular complexity index is 1180. The van der Waals surface area contributed by atoms with Crippen molar-refractivity contribution in [3.05, 3.63) is 93.5 Å². The van der Waals surface area contributed by atoms with Gasteiger partial charge in [-0.15, -0.1) is 0 Å². The van der Waals surface area contributed by atoms with Crippen LogP contribution in [-0.4, -0.2) is 24.9 Å². The van der Waals surface area contributed by atoms with Crippen molar-refractivity contribution in [3.8, 4) is 11.5 Å². The number of ether oxygens (including phenoxy) is 2. The Morgan fingerprint density at radius 3 is 2.17 bits per heavy atom. The fraction of sp³-hybridized carbons (Fsp3) is 0.0870. The van der Waals surface area contributed by atoms with Gasteiger partial charge in [-0.2, -0.15) is 0 Å². The van der Waals surface area contributed by atoms with E-state index in [1.54, 1.807) is 43.5 Å². The van der Waals surface area contributed by atoms with E-state index >= 15 is 0 Å². The molecule has 0 saturated heterocycles. The van der Waals surface area contributed by atoms with Crippen molar-refractivity contribution >= 4 is 28.4 Å². The molecule has 0 radical (unpaired) electrons. The van der Waals surface area contributed by atoms with Crippen LogP contribution in [-0.2, 0) is 0 Å². The number of rotatable bonds is 6. The van der Waals surface area contributed by atoms with Gasteiger partial charge in [0.1, 0.15) is 0 Å². The number of nitro benzene ring substituents is 1. The molecule has 7 nitrogen and oxygen atoms in total. The number of carbonyl (C=O) groups excluding carboxylic acids is 1. The number of hydrogen-bond acceptors (Lipinski definition) is 6. The molecule has 0 aromatic heterocycles. The number of allylic oxidation sites excluding steroid dienone is 1. The average Bonchev–Trinajstić information content (AvgIpc) is 3.05. The highest BCUT2D eigenvalue weighted by Crippen LogP contribution is 2.41. The Morgan fingerprint density at radius 2 is 1.53 bits per heavy atom. The van der Waals surface area contributed by atoms with Gasteiger partial charge in [0.25, 0.3) is 5.69 Å². The first-order valence-corrected chi connectivity index (χ1v) is 9.15. The zero-order valence-corrected chi connectivity index (χ0v) is 16.3. The molecule has 3 aromatic carbocycles. The van der Waals surface area contributed by atoms with Gasteiger partial charge in [-0.3, -0.25) is 14.9 Å². The molecular weight excluding hydrogens is 384 g/mol. The van der Waals surface area contributed by atoms with E-state index in [0.29, 0.717) is 39.6 Å². The van der Waals surface area contributed by atoms with Crippen molar-refractivity contribution < 1.29 is 19.2 Å². The lowest BCUT2D eigenvalue weighted by atomic mass is 10.0. The second-order valence-electron chi connectivity index (χ2n) is 6.62. The molecule has 7 heteroatoms. The number of nitrogens with one attached hydrogen (secondary N) is 1. The lowest BCUT2D eigenvalue weighted by Crippen LogP contribution is -2.02. The smallest absolute Gasteiger partial charge is 0.269 e. The Balaban J connectivity index is 1.84. The summed E-state index contributed by atoms with van der Waals surface area (Å²) in [5, 5.41) is 14.2. The summed E-state index contributed by atoms with van der Waals surface area (Å²) in [6.45, 7) is 0. The maximum atomic E-state index is 13.2. The summed E-state index contributed by atoms with van der Waals surface area (Å²) in [6.07, 6.45) is 0. The van der Waals surface area contributed by atoms with Crippen LogP contribution in [0.5, 0.6) is 11.5 Å². The highest BCUT2D eigenvalue weighted by molar-refractivity contribution is 6.40. The minimum atomic E-state index is -0.452. The third-order valence-electron chi connectivity index (χ3n) is 4.94. The van der Waals surface area contributed by atoms with Gasteiger partial charge in [0.05, 0.1) is 30.4 Å². The summed E-state index contributed by atoms with van der Waals surface area (Å²) in [4.78, 5) is 23.7. The third kappa shape index (κ3) is 3.26. The maximum Gasteiger partial charge on any atom is 0.269 e. The van der Waals surface area contributed by atoms with Crippen LogP contribution in [0.3, 0.4) is 0 Å². The summed E-state index contributed by atoms with van der Waals surface area (Å²) in [5.74, 6) is 0.970. The fourth-order valence-corrected chi connectivity index (χ4v) is 3.49. The SMILES string of the molecule is COc1ccc(C2=C(Nc3ccc([N+](=O)[O-])cc3)c3ccccc3C2=O)cc1OC. The molecule has 0 spiro atoms. The molecule has 0 fully saturated rings. The highest BCUT2D eigenvalue weighted by atomic mass is 16.6. The molecule has 0 saturated carbocycles. The van der Waals surface area contributed by atoms with E-state index in [4.69, 9.17) is 9.47 Å². The van der Waals surface area contributed by atoms with Crippen molar-refractivity contribution in [2.45, 2.75) is 0 Å². The van der Waals surface area contributed by atoms with Crippen LogP contribution in [0.25, 0.3) is 11.3 Å². The standard InChI is InChI=1S/C23H18N2O5/c1-29-19-12-7-14(13-20(19)30-2)21-22(17-5-3-4-6-18(17)23(21)26)24-15-8-10-16(11-9-15)25(27)28/h3-13,24H,1-2H3. The van der Waals surface area contributed by atoms with E-state index in [9.17, 15) is 14.9 Å². The Morgan fingerprint density at radius 1 is 0.867 bits per heavy atom. The third-order valence-corrected chi connectivity index (χ3v) is 4.94. The lowest BCUT2D eigenvalue weighted by molar-refractivity contribution is -0.384. The number of Topliss-reactive ketones (excluding diaryl/α,β-unsaturated/α-hetero) is 1. The van der Waals surface area contributed by atoms with Crippen molar-refractivity contribution in [3.63, 3.8) is 0 Å². The van der Waals surface area contributed by atoms with Crippen molar-refractivity contribution in [1.82, 2.24) is 0 Å². The number of hydrogen-bond donors (Lipinski definition) is 1. The molecule has 1 N–H and O–H groups in total. The quantitative estimate of drug-likeness (QED) is 0.471. The van der Waals surface area contributed by atoms with E-state index in [1.165, 1.54) is 19.2 Å². The summed E-state index contributed by atoms with van der Waals surface area (Å²) < 4.78 is 10.7. The highest BCUT2D eigenvalue weighted by Gasteiger charge is 2.31. The monoisotopic (exact) mass is 402 g/mol. The summed E-state index contributed by atoms with van der Waals surface area (Å²) >= 11 is 0. The van der Waals surface area contributed by atoms with Gasteiger partial charge in [-0.1, -0.05) is 30.3 Å². The number of methoxy groups -OCH3 is 2. The molecule has 0 bridgehead atoms. The summed E-state index contributed by atoms with van der Waals surface area (Å²) in [7, 11) is 3.09. The topological polar surface area (TPSA) is 90.7 Å². The minimum absolute atomic E-state index is 0.00228. The van der Waals surface area contributed by atoms with Gasteiger partial charge in [0.2, 0.25) is 0 Å². The molecule has 150 valence electrons. The van der Waals surface area contributed by atoms with Gasteiger partial charge >= 0.3 is 0 Å². The van der Waals surface area contributed by atoms with Crippen molar-refractivity contribution in [2.75, 3.05) is 19.5 Å². The molecule has 1 aliphatic carbocycles. The van der Waals surface area contributed by atoms with Crippen LogP contribution >= 0.6 is 0 Å². The number of fused-ring (bicyclic) bond motifs is 1. The molecule has 0 unspecified atom stereocenters. The number of benzene rings is 3. The van der Waals surface area contributed by atoms with Gasteiger partial charge in [0, 0.05) is 28.9 Å². The van der Waals surface area contributed by atoms with Crippen LogP contribution in [0.2, 0.25) is 0 Å². The first kappa shape index (κ1) is 19.2. The lowest BCUT2D eigenvalue weighted by Gasteiger charge is -2.13. The second kappa shape index (κ2) is 7.71. The molecular formula is C23H18N2O5. The predicted molar refractivity (Wildman–Crippen MR) is 114 cm³/mol. The Labute approximate surface area is 172 Å².